The molecule has 0 N–H and O–H groups in total. The molecule has 0 spiro atoms. The molecule has 0 saturated heterocycles. The van der Waals surface area contributed by atoms with Gasteiger partial charge < -0.3 is 4.90 Å². The highest BCUT2D eigenvalue weighted by atomic mass is 79.9. The number of hydrogen-bond donors (Lipinski definition) is 0. The molecule has 2 aromatic carbocycles. The largest absolute Gasteiger partial charge is 0.339 e. The van der Waals surface area contributed by atoms with Crippen LogP contribution in [0, 0.1) is 0 Å². The molecule has 0 radical (unpaired) electrons. The second kappa shape index (κ2) is 10.1. The summed E-state index contributed by atoms with van der Waals surface area (Å²) in [5.74, 6) is 1.18. The van der Waals surface area contributed by atoms with Gasteiger partial charge in [-0.1, -0.05) is 70.2 Å². The van der Waals surface area contributed by atoms with Gasteiger partial charge in [-0.2, -0.15) is 0 Å². The summed E-state index contributed by atoms with van der Waals surface area (Å²) < 4.78 is 0.979. The Morgan fingerprint density at radius 1 is 1.12 bits per heavy atom. The number of benzene rings is 2. The van der Waals surface area contributed by atoms with Gasteiger partial charge >= 0.3 is 0 Å². The third-order valence-electron chi connectivity index (χ3n) is 3.77. The number of carbonyl (C=O) groups is 1. The Morgan fingerprint density at radius 3 is 2.48 bits per heavy atom. The molecule has 0 atom stereocenters. The third-order valence-corrected chi connectivity index (χ3v) is 5.44. The molecule has 0 unspecified atom stereocenters. The second-order valence-electron chi connectivity index (χ2n) is 5.64. The van der Waals surface area contributed by atoms with Crippen molar-refractivity contribution in [2.75, 3.05) is 18.8 Å². The highest BCUT2D eigenvalue weighted by Gasteiger charge is 2.19. The summed E-state index contributed by atoms with van der Waals surface area (Å²) in [5.41, 5.74) is 1.92. The third kappa shape index (κ3) is 5.97. The Hall–Kier alpha value is -1.11. The minimum absolute atomic E-state index is 0. The van der Waals surface area contributed by atoms with Crippen LogP contribution in [0.5, 0.6) is 0 Å². The fraction of sp³-hybridized carbons (Fsp3) is 0.263. The summed E-state index contributed by atoms with van der Waals surface area (Å²) in [7, 11) is 0. The number of nitrogens with zero attached hydrogens (tertiary/aromatic N) is 2. The zero-order valence-corrected chi connectivity index (χ0v) is 17.8. The average Bonchev–Trinajstić information content (AvgIpc) is 2.63. The van der Waals surface area contributed by atoms with Crippen LogP contribution in [0.15, 0.2) is 64.1 Å². The zero-order valence-electron chi connectivity index (χ0n) is 13.7. The van der Waals surface area contributed by atoms with Crippen molar-refractivity contribution in [1.29, 1.82) is 0 Å². The molecule has 6 heteroatoms. The smallest absolute Gasteiger partial charge is 0.182 e. The number of halogens is 2. The molecule has 3 rings (SSSR count). The van der Waals surface area contributed by atoms with Gasteiger partial charge in [0.2, 0.25) is 0 Å². The normalized spacial score (nSPS) is 13.6. The fourth-order valence-electron chi connectivity index (χ4n) is 2.54. The van der Waals surface area contributed by atoms with Crippen molar-refractivity contribution < 1.29 is 4.79 Å². The van der Waals surface area contributed by atoms with Crippen molar-refractivity contribution >= 4 is 55.6 Å². The number of ketones is 1. The van der Waals surface area contributed by atoms with Crippen molar-refractivity contribution in [3.8, 4) is 0 Å². The molecule has 0 saturated carbocycles. The molecule has 3 nitrogen and oxygen atoms in total. The van der Waals surface area contributed by atoms with Gasteiger partial charge in [0.1, 0.15) is 0 Å². The first-order valence-corrected chi connectivity index (χ1v) is 9.75. The first kappa shape index (κ1) is 20.2. The lowest BCUT2D eigenvalue weighted by Crippen LogP contribution is -2.35. The summed E-state index contributed by atoms with van der Waals surface area (Å²) in [4.78, 5) is 19.4. The second-order valence-corrected chi connectivity index (χ2v) is 7.62. The van der Waals surface area contributed by atoms with Crippen LogP contribution in [-0.2, 0) is 6.54 Å². The first-order valence-electron chi connectivity index (χ1n) is 7.97. The lowest BCUT2D eigenvalue weighted by atomic mass is 10.1. The van der Waals surface area contributed by atoms with E-state index in [9.17, 15) is 4.79 Å². The Labute approximate surface area is 171 Å². The number of carbonyl (C=O) groups excluding carboxylic acids is 1. The van der Waals surface area contributed by atoms with E-state index in [1.807, 2.05) is 42.5 Å². The summed E-state index contributed by atoms with van der Waals surface area (Å²) in [6.45, 7) is 1.90. The summed E-state index contributed by atoms with van der Waals surface area (Å²) >= 11 is 5.15. The molecular weight excluding hydrogens is 464 g/mol. The van der Waals surface area contributed by atoms with Crippen LogP contribution in [0.4, 0.5) is 0 Å². The lowest BCUT2D eigenvalue weighted by molar-refractivity contribution is 0.0962. The fourth-order valence-corrected chi connectivity index (χ4v) is 3.75. The average molecular weight is 484 g/mol. The molecule has 2 aromatic rings. The van der Waals surface area contributed by atoms with Gasteiger partial charge in [-0.3, -0.25) is 9.79 Å². The monoisotopic (exact) mass is 482 g/mol. The quantitative estimate of drug-likeness (QED) is 0.547. The van der Waals surface area contributed by atoms with Gasteiger partial charge in [-0.25, -0.2) is 0 Å². The Balaban J connectivity index is 0.00000225. The Morgan fingerprint density at radius 2 is 1.84 bits per heavy atom. The maximum absolute atomic E-state index is 12.7. The maximum Gasteiger partial charge on any atom is 0.182 e. The molecule has 0 amide bonds. The van der Waals surface area contributed by atoms with Crippen LogP contribution in [-0.4, -0.2) is 34.7 Å². The van der Waals surface area contributed by atoms with E-state index in [1.54, 1.807) is 11.8 Å². The SMILES string of the molecule is Br.O=C(CN(Cc1ccccc1)C1=NCCCS1)c1ccc(Br)cc1. The molecule has 1 aliphatic rings. The lowest BCUT2D eigenvalue weighted by Gasteiger charge is -2.27. The van der Waals surface area contributed by atoms with E-state index < -0.39 is 0 Å². The predicted octanol–water partition coefficient (Wildman–Crippen LogP) is 5.20. The number of rotatable bonds is 5. The molecule has 0 aromatic heterocycles. The number of Topliss-reactive ketones (excluding diaryl/α,β-unsaturated/α-hetero) is 1. The number of amidine groups is 1. The van der Waals surface area contributed by atoms with Crippen molar-refractivity contribution in [1.82, 2.24) is 4.90 Å². The molecule has 132 valence electrons. The van der Waals surface area contributed by atoms with Gasteiger partial charge in [-0.15, -0.1) is 17.0 Å². The van der Waals surface area contributed by atoms with Crippen molar-refractivity contribution in [3.63, 3.8) is 0 Å². The van der Waals surface area contributed by atoms with Gasteiger partial charge in [0, 0.05) is 28.9 Å². The minimum Gasteiger partial charge on any atom is -0.339 e. The highest BCUT2D eigenvalue weighted by molar-refractivity contribution is 9.10. The topological polar surface area (TPSA) is 32.7 Å². The standard InChI is InChI=1S/C19H19BrN2OS.BrH/c20-17-9-7-16(8-10-17)18(23)14-22(19-21-11-4-12-24-19)13-15-5-2-1-3-6-15;/h1-3,5-10H,4,11-14H2;1H. The molecule has 0 bridgehead atoms. The molecular formula is C19H20Br2N2OS. The van der Waals surface area contributed by atoms with Crippen LogP contribution in [0.1, 0.15) is 22.3 Å². The minimum atomic E-state index is 0. The molecule has 25 heavy (non-hydrogen) atoms. The number of aliphatic imine (C=N–C) groups is 1. The van der Waals surface area contributed by atoms with E-state index in [1.165, 1.54) is 5.56 Å². The van der Waals surface area contributed by atoms with Crippen LogP contribution in [0.3, 0.4) is 0 Å². The van der Waals surface area contributed by atoms with Crippen LogP contribution in [0.25, 0.3) is 0 Å². The number of hydrogen-bond acceptors (Lipinski definition) is 4. The van der Waals surface area contributed by atoms with Crippen LogP contribution >= 0.6 is 44.7 Å². The zero-order chi connectivity index (χ0) is 16.8. The van der Waals surface area contributed by atoms with E-state index in [4.69, 9.17) is 0 Å². The van der Waals surface area contributed by atoms with Crippen molar-refractivity contribution in [3.05, 3.63) is 70.2 Å². The summed E-state index contributed by atoms with van der Waals surface area (Å²) in [6, 6.07) is 17.8. The van der Waals surface area contributed by atoms with E-state index in [2.05, 4.69) is 38.0 Å². The maximum atomic E-state index is 12.7. The van der Waals surface area contributed by atoms with Gasteiger partial charge in [0.15, 0.2) is 11.0 Å². The highest BCUT2D eigenvalue weighted by Crippen LogP contribution is 2.19. The molecule has 0 fully saturated rings. The van der Waals surface area contributed by atoms with Crippen LogP contribution in [0.2, 0.25) is 0 Å². The van der Waals surface area contributed by atoms with Crippen molar-refractivity contribution in [2.24, 2.45) is 4.99 Å². The first-order chi connectivity index (χ1) is 11.7. The van der Waals surface area contributed by atoms with E-state index in [0.29, 0.717) is 13.1 Å². The molecule has 1 heterocycles. The van der Waals surface area contributed by atoms with Gasteiger partial charge in [0.25, 0.3) is 0 Å². The van der Waals surface area contributed by atoms with Crippen molar-refractivity contribution in [2.45, 2.75) is 13.0 Å². The molecule has 0 aliphatic carbocycles. The number of thioether (sulfide) groups is 1. The van der Waals surface area contributed by atoms with E-state index in [-0.39, 0.29) is 22.8 Å². The Kier molecular flexibility index (Phi) is 8.19. The van der Waals surface area contributed by atoms with Gasteiger partial charge in [0.05, 0.1) is 6.54 Å². The van der Waals surface area contributed by atoms with Crippen LogP contribution < -0.4 is 0 Å². The molecule has 1 aliphatic heterocycles. The summed E-state index contributed by atoms with van der Waals surface area (Å²) in [6.07, 6.45) is 1.11. The summed E-state index contributed by atoms with van der Waals surface area (Å²) in [5, 5.41) is 0.982. The Bertz CT molecular complexity index is 720. The van der Waals surface area contributed by atoms with E-state index >= 15 is 0 Å². The van der Waals surface area contributed by atoms with Gasteiger partial charge in [-0.05, 0) is 24.1 Å². The predicted molar refractivity (Wildman–Crippen MR) is 115 cm³/mol. The van der Waals surface area contributed by atoms with E-state index in [0.717, 1.165) is 33.9 Å².